The third-order valence-corrected chi connectivity index (χ3v) is 3.45. The van der Waals surface area contributed by atoms with Crippen LogP contribution in [-0.2, 0) is 0 Å². The van der Waals surface area contributed by atoms with Crippen LogP contribution in [0.5, 0.6) is 0 Å². The van der Waals surface area contributed by atoms with Crippen molar-refractivity contribution in [3.05, 3.63) is 33.6 Å². The van der Waals surface area contributed by atoms with Gasteiger partial charge in [-0.2, -0.15) is 0 Å². The van der Waals surface area contributed by atoms with Gasteiger partial charge in [-0.25, -0.2) is 0 Å². The number of benzene rings is 1. The van der Waals surface area contributed by atoms with Crippen LogP contribution >= 0.6 is 27.5 Å². The lowest BCUT2D eigenvalue weighted by atomic mass is 10.2. The molecule has 0 spiro atoms. The monoisotopic (exact) mass is 298 g/mol. The van der Waals surface area contributed by atoms with Gasteiger partial charge in [0.25, 0.3) is 0 Å². The molecule has 1 aromatic carbocycles. The lowest BCUT2D eigenvalue weighted by Crippen LogP contribution is -1.80. The van der Waals surface area contributed by atoms with Crippen LogP contribution in [0.15, 0.2) is 27.1 Å². The number of hydrogen-bond donors (Lipinski definition) is 0. The summed E-state index contributed by atoms with van der Waals surface area (Å²) in [6.45, 7) is 0. The van der Waals surface area contributed by atoms with Gasteiger partial charge in [-0.05, 0) is 47.0 Å². The number of aromatic nitrogens is 2. The van der Waals surface area contributed by atoms with E-state index in [0.717, 1.165) is 28.8 Å². The van der Waals surface area contributed by atoms with Crippen molar-refractivity contribution in [2.45, 2.75) is 18.8 Å². The smallest absolute Gasteiger partial charge is 0.248 e. The van der Waals surface area contributed by atoms with Crippen LogP contribution in [0.4, 0.5) is 0 Å². The molecule has 0 N–H and O–H groups in total. The quantitative estimate of drug-likeness (QED) is 0.840. The van der Waals surface area contributed by atoms with E-state index in [-0.39, 0.29) is 0 Å². The zero-order valence-electron chi connectivity index (χ0n) is 8.28. The van der Waals surface area contributed by atoms with E-state index in [1.54, 1.807) is 0 Å². The maximum atomic E-state index is 5.94. The minimum atomic E-state index is 0.471. The van der Waals surface area contributed by atoms with Gasteiger partial charge in [-0.15, -0.1) is 10.2 Å². The van der Waals surface area contributed by atoms with Crippen molar-refractivity contribution in [2.24, 2.45) is 0 Å². The Morgan fingerprint density at radius 2 is 2.12 bits per heavy atom. The van der Waals surface area contributed by atoms with Crippen molar-refractivity contribution in [3.63, 3.8) is 0 Å². The SMILES string of the molecule is Clc1ccc(Br)c(-c2nnc(C3CC3)o2)c1. The third-order valence-electron chi connectivity index (χ3n) is 2.53. The van der Waals surface area contributed by atoms with E-state index in [2.05, 4.69) is 26.1 Å². The zero-order chi connectivity index (χ0) is 11.1. The third kappa shape index (κ3) is 1.87. The predicted molar refractivity (Wildman–Crippen MR) is 64.4 cm³/mol. The van der Waals surface area contributed by atoms with Gasteiger partial charge in [0.1, 0.15) is 0 Å². The van der Waals surface area contributed by atoms with Gasteiger partial charge in [0, 0.05) is 15.4 Å². The highest BCUT2D eigenvalue weighted by Crippen LogP contribution is 2.40. The Balaban J connectivity index is 2.03. The first-order valence-electron chi connectivity index (χ1n) is 5.03. The molecular weight excluding hydrogens is 291 g/mol. The van der Waals surface area contributed by atoms with E-state index in [1.807, 2.05) is 18.2 Å². The van der Waals surface area contributed by atoms with Gasteiger partial charge in [0.15, 0.2) is 0 Å². The fourth-order valence-corrected chi connectivity index (χ4v) is 2.09. The summed E-state index contributed by atoms with van der Waals surface area (Å²) in [5, 5.41) is 8.75. The highest BCUT2D eigenvalue weighted by Gasteiger charge is 2.29. The molecule has 1 aliphatic rings. The van der Waals surface area contributed by atoms with Crippen molar-refractivity contribution in [3.8, 4) is 11.5 Å². The fourth-order valence-electron chi connectivity index (χ4n) is 1.50. The summed E-state index contributed by atoms with van der Waals surface area (Å²) in [7, 11) is 0. The van der Waals surface area contributed by atoms with E-state index < -0.39 is 0 Å². The molecule has 82 valence electrons. The summed E-state index contributed by atoms with van der Waals surface area (Å²) in [4.78, 5) is 0. The molecule has 16 heavy (non-hydrogen) atoms. The van der Waals surface area contributed by atoms with Crippen molar-refractivity contribution >= 4 is 27.5 Å². The van der Waals surface area contributed by atoms with Crippen molar-refractivity contribution < 1.29 is 4.42 Å². The molecule has 1 aromatic heterocycles. The van der Waals surface area contributed by atoms with Crippen molar-refractivity contribution in [1.82, 2.24) is 10.2 Å². The molecule has 3 nitrogen and oxygen atoms in total. The maximum absolute atomic E-state index is 5.94. The molecule has 1 saturated carbocycles. The van der Waals surface area contributed by atoms with Gasteiger partial charge < -0.3 is 4.42 Å². The van der Waals surface area contributed by atoms with Gasteiger partial charge in [-0.3, -0.25) is 0 Å². The van der Waals surface area contributed by atoms with E-state index in [1.165, 1.54) is 0 Å². The molecule has 0 bridgehead atoms. The molecule has 0 amide bonds. The second-order valence-corrected chi connectivity index (χ2v) is 5.13. The van der Waals surface area contributed by atoms with Crippen LogP contribution in [0.2, 0.25) is 5.02 Å². The molecule has 3 rings (SSSR count). The normalized spacial score (nSPS) is 15.4. The summed E-state index contributed by atoms with van der Waals surface area (Å²) in [5.41, 5.74) is 0.840. The van der Waals surface area contributed by atoms with E-state index in [0.29, 0.717) is 16.8 Å². The summed E-state index contributed by atoms with van der Waals surface area (Å²) in [5.74, 6) is 1.73. The Hall–Kier alpha value is -0.870. The molecule has 1 aliphatic carbocycles. The standard InChI is InChI=1S/C11H8BrClN2O/c12-9-4-3-7(13)5-8(9)11-15-14-10(16-11)6-1-2-6/h3-6H,1-2H2. The number of rotatable bonds is 2. The van der Waals surface area contributed by atoms with Crippen LogP contribution in [-0.4, -0.2) is 10.2 Å². The molecule has 1 fully saturated rings. The predicted octanol–water partition coefficient (Wildman–Crippen LogP) is 4.03. The average molecular weight is 300 g/mol. The Labute approximate surface area is 106 Å². The average Bonchev–Trinajstić information content (AvgIpc) is 3.01. The number of hydrogen-bond acceptors (Lipinski definition) is 3. The van der Waals surface area contributed by atoms with Gasteiger partial charge in [0.2, 0.25) is 11.8 Å². The topological polar surface area (TPSA) is 38.9 Å². The number of nitrogens with zero attached hydrogens (tertiary/aromatic N) is 2. The second-order valence-electron chi connectivity index (χ2n) is 3.84. The molecule has 5 heteroatoms. The Kier molecular flexibility index (Phi) is 2.48. The molecular formula is C11H8BrClN2O. The first-order valence-corrected chi connectivity index (χ1v) is 6.20. The first kappa shape index (κ1) is 10.3. The Bertz CT molecular complexity index is 537. The van der Waals surface area contributed by atoms with Crippen molar-refractivity contribution in [2.75, 3.05) is 0 Å². The molecule has 2 aromatic rings. The highest BCUT2D eigenvalue weighted by molar-refractivity contribution is 9.10. The Morgan fingerprint density at radius 1 is 1.31 bits per heavy atom. The van der Waals surface area contributed by atoms with Crippen LogP contribution in [0.1, 0.15) is 24.7 Å². The molecule has 1 heterocycles. The van der Waals surface area contributed by atoms with E-state index in [9.17, 15) is 0 Å². The fraction of sp³-hybridized carbons (Fsp3) is 0.273. The molecule has 0 aliphatic heterocycles. The largest absolute Gasteiger partial charge is 0.420 e. The minimum Gasteiger partial charge on any atom is -0.420 e. The maximum Gasteiger partial charge on any atom is 0.248 e. The van der Waals surface area contributed by atoms with Gasteiger partial charge in [0.05, 0.1) is 5.56 Å². The Morgan fingerprint density at radius 3 is 2.88 bits per heavy atom. The zero-order valence-corrected chi connectivity index (χ0v) is 10.6. The summed E-state index contributed by atoms with van der Waals surface area (Å²) in [6.07, 6.45) is 2.30. The molecule has 0 atom stereocenters. The summed E-state index contributed by atoms with van der Waals surface area (Å²) in [6, 6.07) is 5.50. The van der Waals surface area contributed by atoms with Crippen LogP contribution in [0.25, 0.3) is 11.5 Å². The molecule has 0 saturated heterocycles. The lowest BCUT2D eigenvalue weighted by molar-refractivity contribution is 0.508. The first-order chi connectivity index (χ1) is 7.74. The second kappa shape index (κ2) is 3.86. The van der Waals surface area contributed by atoms with Gasteiger partial charge in [-0.1, -0.05) is 11.6 Å². The van der Waals surface area contributed by atoms with E-state index >= 15 is 0 Å². The van der Waals surface area contributed by atoms with Crippen LogP contribution in [0.3, 0.4) is 0 Å². The minimum absolute atomic E-state index is 0.471. The summed E-state index contributed by atoms with van der Waals surface area (Å²) < 4.78 is 6.52. The van der Waals surface area contributed by atoms with Crippen molar-refractivity contribution in [1.29, 1.82) is 0 Å². The van der Waals surface area contributed by atoms with Crippen LogP contribution in [0, 0.1) is 0 Å². The van der Waals surface area contributed by atoms with Crippen LogP contribution < -0.4 is 0 Å². The van der Waals surface area contributed by atoms with Gasteiger partial charge >= 0.3 is 0 Å². The summed E-state index contributed by atoms with van der Waals surface area (Å²) >= 11 is 9.38. The lowest BCUT2D eigenvalue weighted by Gasteiger charge is -1.99. The molecule has 0 radical (unpaired) electrons. The van der Waals surface area contributed by atoms with E-state index in [4.69, 9.17) is 16.0 Å². The number of halogens is 2. The molecule has 0 unspecified atom stereocenters. The highest BCUT2D eigenvalue weighted by atomic mass is 79.9.